The Morgan fingerprint density at radius 1 is 1.04 bits per heavy atom. The predicted octanol–water partition coefficient (Wildman–Crippen LogP) is 3.87. The zero-order valence-electron chi connectivity index (χ0n) is 16.0. The number of hydrogen-bond donors (Lipinski definition) is 2. The van der Waals surface area contributed by atoms with Crippen molar-refractivity contribution in [1.82, 2.24) is 10.2 Å². The molecule has 146 valence electrons. The molecule has 0 spiro atoms. The molecule has 5 heteroatoms. The smallest absolute Gasteiger partial charge is 0.251 e. The first kappa shape index (κ1) is 21.4. The van der Waals surface area contributed by atoms with E-state index in [1.807, 2.05) is 24.3 Å². The molecular formula is C22H30ClN3O. The number of amides is 1. The fourth-order valence-electron chi connectivity index (χ4n) is 3.47. The lowest BCUT2D eigenvalue weighted by atomic mass is 10.0. The van der Waals surface area contributed by atoms with E-state index in [4.69, 9.17) is 5.73 Å². The van der Waals surface area contributed by atoms with Gasteiger partial charge >= 0.3 is 0 Å². The molecule has 2 aromatic carbocycles. The zero-order chi connectivity index (χ0) is 18.4. The van der Waals surface area contributed by atoms with Crippen molar-refractivity contribution in [2.75, 3.05) is 6.54 Å². The van der Waals surface area contributed by atoms with Crippen LogP contribution < -0.4 is 11.1 Å². The van der Waals surface area contributed by atoms with Gasteiger partial charge in [-0.1, -0.05) is 42.8 Å². The number of carbonyl (C=O) groups is 1. The van der Waals surface area contributed by atoms with Gasteiger partial charge in [0, 0.05) is 31.2 Å². The number of hydrogen-bond acceptors (Lipinski definition) is 3. The summed E-state index contributed by atoms with van der Waals surface area (Å²) in [5, 5.41) is 2.98. The van der Waals surface area contributed by atoms with Gasteiger partial charge in [0.1, 0.15) is 0 Å². The van der Waals surface area contributed by atoms with Crippen molar-refractivity contribution in [3.05, 3.63) is 70.8 Å². The highest BCUT2D eigenvalue weighted by Gasteiger charge is 2.17. The lowest BCUT2D eigenvalue weighted by Crippen LogP contribution is -2.36. The van der Waals surface area contributed by atoms with Crippen LogP contribution >= 0.6 is 12.4 Å². The molecule has 1 unspecified atom stereocenters. The third-order valence-corrected chi connectivity index (χ3v) is 5.25. The first-order chi connectivity index (χ1) is 12.7. The van der Waals surface area contributed by atoms with Gasteiger partial charge in [0.15, 0.2) is 0 Å². The maximum atomic E-state index is 12.2. The number of nitrogens with one attached hydrogen (secondary N) is 1. The van der Waals surface area contributed by atoms with Crippen LogP contribution in [-0.4, -0.2) is 23.4 Å². The first-order valence-corrected chi connectivity index (χ1v) is 9.55. The van der Waals surface area contributed by atoms with Gasteiger partial charge in [-0.2, -0.15) is 0 Å². The molecule has 1 aliphatic heterocycles. The fourth-order valence-corrected chi connectivity index (χ4v) is 3.47. The molecule has 0 aliphatic carbocycles. The minimum absolute atomic E-state index is 0. The Hall–Kier alpha value is -1.88. The molecular weight excluding hydrogens is 358 g/mol. The van der Waals surface area contributed by atoms with Crippen molar-refractivity contribution < 1.29 is 4.79 Å². The van der Waals surface area contributed by atoms with Gasteiger partial charge < -0.3 is 11.1 Å². The second-order valence-electron chi connectivity index (χ2n) is 7.22. The first-order valence-electron chi connectivity index (χ1n) is 9.55. The summed E-state index contributed by atoms with van der Waals surface area (Å²) in [6, 6.07) is 16.7. The van der Waals surface area contributed by atoms with Gasteiger partial charge in [0.2, 0.25) is 0 Å². The Morgan fingerprint density at radius 3 is 2.30 bits per heavy atom. The SMILES string of the molecule is CC1CCCCN1Cc1ccc(CNC(=O)c2ccc(CN)cc2)cc1.Cl. The van der Waals surface area contributed by atoms with Crippen LogP contribution in [0, 0.1) is 0 Å². The minimum Gasteiger partial charge on any atom is -0.348 e. The van der Waals surface area contributed by atoms with Gasteiger partial charge in [-0.3, -0.25) is 9.69 Å². The largest absolute Gasteiger partial charge is 0.348 e. The highest BCUT2D eigenvalue weighted by molar-refractivity contribution is 5.94. The standard InChI is InChI=1S/C22H29N3O.ClH/c1-17-4-2-3-13-25(17)16-20-7-5-19(6-8-20)15-24-22(26)21-11-9-18(14-23)10-12-21;/h5-12,17H,2-4,13-16,23H2,1H3,(H,24,26);1H. The van der Waals surface area contributed by atoms with Gasteiger partial charge in [0.25, 0.3) is 5.91 Å². The molecule has 3 rings (SSSR count). The average Bonchev–Trinajstić information content (AvgIpc) is 2.69. The molecule has 1 aliphatic rings. The van der Waals surface area contributed by atoms with Gasteiger partial charge in [-0.25, -0.2) is 0 Å². The van der Waals surface area contributed by atoms with Crippen LogP contribution in [0.3, 0.4) is 0 Å². The van der Waals surface area contributed by atoms with E-state index < -0.39 is 0 Å². The van der Waals surface area contributed by atoms with E-state index in [1.54, 1.807) is 0 Å². The summed E-state index contributed by atoms with van der Waals surface area (Å²) in [6.45, 7) is 5.56. The molecule has 1 saturated heterocycles. The summed E-state index contributed by atoms with van der Waals surface area (Å²) < 4.78 is 0. The minimum atomic E-state index is -0.0558. The number of halogens is 1. The lowest BCUT2D eigenvalue weighted by Gasteiger charge is -2.33. The quantitative estimate of drug-likeness (QED) is 0.790. The monoisotopic (exact) mass is 387 g/mol. The van der Waals surface area contributed by atoms with Crippen LogP contribution in [0.4, 0.5) is 0 Å². The summed E-state index contributed by atoms with van der Waals surface area (Å²) in [6.07, 6.45) is 3.96. The maximum Gasteiger partial charge on any atom is 0.251 e. The van der Waals surface area contributed by atoms with Gasteiger partial charge in [-0.15, -0.1) is 12.4 Å². The van der Waals surface area contributed by atoms with Crippen LogP contribution in [0.25, 0.3) is 0 Å². The van der Waals surface area contributed by atoms with Crippen LogP contribution in [0.1, 0.15) is 53.2 Å². The number of nitrogens with zero attached hydrogens (tertiary/aromatic N) is 1. The molecule has 3 N–H and O–H groups in total. The Morgan fingerprint density at radius 2 is 1.67 bits per heavy atom. The number of benzene rings is 2. The zero-order valence-corrected chi connectivity index (χ0v) is 16.8. The van der Waals surface area contributed by atoms with Crippen LogP contribution in [0.2, 0.25) is 0 Å². The Balaban J connectivity index is 0.00000261. The van der Waals surface area contributed by atoms with E-state index in [0.717, 1.165) is 17.7 Å². The number of rotatable bonds is 6. The Labute approximate surface area is 168 Å². The molecule has 27 heavy (non-hydrogen) atoms. The second-order valence-corrected chi connectivity index (χ2v) is 7.22. The third-order valence-electron chi connectivity index (χ3n) is 5.25. The summed E-state index contributed by atoms with van der Waals surface area (Å²) >= 11 is 0. The molecule has 1 fully saturated rings. The van der Waals surface area contributed by atoms with Crippen LogP contribution in [-0.2, 0) is 19.6 Å². The van der Waals surface area contributed by atoms with E-state index in [2.05, 4.69) is 41.4 Å². The molecule has 0 aromatic heterocycles. The van der Waals surface area contributed by atoms with Gasteiger partial charge in [0.05, 0.1) is 0 Å². The van der Waals surface area contributed by atoms with E-state index in [0.29, 0.717) is 24.7 Å². The summed E-state index contributed by atoms with van der Waals surface area (Å²) in [5.41, 5.74) is 9.74. The summed E-state index contributed by atoms with van der Waals surface area (Å²) in [4.78, 5) is 14.8. The molecule has 2 aromatic rings. The van der Waals surface area contributed by atoms with E-state index in [1.165, 1.54) is 31.4 Å². The van der Waals surface area contributed by atoms with Crippen molar-refractivity contribution in [1.29, 1.82) is 0 Å². The Bertz CT molecular complexity index is 715. The number of nitrogens with two attached hydrogens (primary N) is 1. The van der Waals surface area contributed by atoms with Crippen molar-refractivity contribution in [3.63, 3.8) is 0 Å². The maximum absolute atomic E-state index is 12.2. The van der Waals surface area contributed by atoms with E-state index in [-0.39, 0.29) is 18.3 Å². The number of carbonyl (C=O) groups excluding carboxylic acids is 1. The molecule has 1 heterocycles. The average molecular weight is 388 g/mol. The third kappa shape index (κ3) is 6.06. The fraction of sp³-hybridized carbons (Fsp3) is 0.409. The topological polar surface area (TPSA) is 58.4 Å². The molecule has 1 atom stereocenters. The second kappa shape index (κ2) is 10.5. The van der Waals surface area contributed by atoms with Crippen molar-refractivity contribution >= 4 is 18.3 Å². The summed E-state index contributed by atoms with van der Waals surface area (Å²) in [7, 11) is 0. The highest BCUT2D eigenvalue weighted by atomic mass is 35.5. The number of piperidine rings is 1. The van der Waals surface area contributed by atoms with E-state index >= 15 is 0 Å². The summed E-state index contributed by atoms with van der Waals surface area (Å²) in [5.74, 6) is -0.0558. The molecule has 4 nitrogen and oxygen atoms in total. The van der Waals surface area contributed by atoms with Crippen LogP contribution in [0.15, 0.2) is 48.5 Å². The van der Waals surface area contributed by atoms with Crippen LogP contribution in [0.5, 0.6) is 0 Å². The molecule has 0 saturated carbocycles. The van der Waals surface area contributed by atoms with Crippen molar-refractivity contribution in [3.8, 4) is 0 Å². The molecule has 0 radical (unpaired) electrons. The molecule has 0 bridgehead atoms. The lowest BCUT2D eigenvalue weighted by molar-refractivity contribution is 0.0951. The molecule has 1 amide bonds. The van der Waals surface area contributed by atoms with Crippen molar-refractivity contribution in [2.45, 2.75) is 51.9 Å². The van der Waals surface area contributed by atoms with E-state index in [9.17, 15) is 4.79 Å². The predicted molar refractivity (Wildman–Crippen MR) is 113 cm³/mol. The number of likely N-dealkylation sites (tertiary alicyclic amines) is 1. The van der Waals surface area contributed by atoms with Gasteiger partial charge in [-0.05, 0) is 55.1 Å². The van der Waals surface area contributed by atoms with Crippen molar-refractivity contribution in [2.24, 2.45) is 5.73 Å². The Kier molecular flexibility index (Phi) is 8.29. The normalized spacial score (nSPS) is 17.2. The highest BCUT2D eigenvalue weighted by Crippen LogP contribution is 2.19.